The van der Waals surface area contributed by atoms with Gasteiger partial charge in [-0.15, -0.1) is 0 Å². The lowest BCUT2D eigenvalue weighted by molar-refractivity contribution is -0.150. The minimum absolute atomic E-state index is 0.266. The molecule has 0 aromatic heterocycles. The predicted molar refractivity (Wildman–Crippen MR) is 60.1 cm³/mol. The summed E-state index contributed by atoms with van der Waals surface area (Å²) in [5.74, 6) is -0.409. The van der Waals surface area contributed by atoms with Crippen molar-refractivity contribution in [2.75, 3.05) is 27.7 Å². The predicted octanol–water partition coefficient (Wildman–Crippen LogP) is 1.16. The molecule has 0 aromatic carbocycles. The number of halogens is 3. The van der Waals surface area contributed by atoms with Crippen LogP contribution in [0.5, 0.6) is 0 Å². The molecule has 1 rings (SSSR count). The second-order valence-corrected chi connectivity index (χ2v) is 4.75. The van der Waals surface area contributed by atoms with Crippen LogP contribution in [0.2, 0.25) is 0 Å². The zero-order valence-corrected chi connectivity index (χ0v) is 10.8. The van der Waals surface area contributed by atoms with Gasteiger partial charge in [0.25, 0.3) is 0 Å². The average molecular weight is 268 g/mol. The van der Waals surface area contributed by atoms with Crippen LogP contribution in [0.4, 0.5) is 13.2 Å². The molecular formula is C11H19F3N2O2. The molecule has 0 saturated heterocycles. The van der Waals surface area contributed by atoms with Gasteiger partial charge < -0.3 is 10.1 Å². The molecule has 0 aromatic rings. The van der Waals surface area contributed by atoms with E-state index in [0.717, 1.165) is 0 Å². The van der Waals surface area contributed by atoms with Crippen LogP contribution in [0, 0.1) is 0 Å². The third kappa shape index (κ3) is 3.35. The van der Waals surface area contributed by atoms with Gasteiger partial charge in [0, 0.05) is 6.04 Å². The maximum Gasteiger partial charge on any atom is 0.401 e. The Kier molecular flexibility index (Phi) is 4.61. The van der Waals surface area contributed by atoms with E-state index in [1.165, 1.54) is 19.1 Å². The highest BCUT2D eigenvalue weighted by Gasteiger charge is 2.47. The van der Waals surface area contributed by atoms with Gasteiger partial charge in [0.1, 0.15) is 5.54 Å². The first-order valence-corrected chi connectivity index (χ1v) is 5.78. The van der Waals surface area contributed by atoms with E-state index >= 15 is 0 Å². The maximum atomic E-state index is 12.3. The van der Waals surface area contributed by atoms with Crippen LogP contribution in [0.1, 0.15) is 19.3 Å². The number of methoxy groups -OCH3 is 1. The van der Waals surface area contributed by atoms with Gasteiger partial charge in [-0.05, 0) is 33.4 Å². The van der Waals surface area contributed by atoms with Crippen LogP contribution in [0.3, 0.4) is 0 Å². The Labute approximate surface area is 104 Å². The number of esters is 1. The van der Waals surface area contributed by atoms with Gasteiger partial charge in [0.05, 0.1) is 13.7 Å². The first-order chi connectivity index (χ1) is 8.24. The molecule has 1 N–H and O–H groups in total. The van der Waals surface area contributed by atoms with E-state index < -0.39 is 24.2 Å². The van der Waals surface area contributed by atoms with Crippen molar-refractivity contribution in [1.29, 1.82) is 0 Å². The van der Waals surface area contributed by atoms with Crippen molar-refractivity contribution in [3.63, 3.8) is 0 Å². The summed E-state index contributed by atoms with van der Waals surface area (Å²) in [5, 5.41) is 2.89. The Morgan fingerprint density at radius 2 is 2.17 bits per heavy atom. The number of carbonyl (C=O) groups excluding carboxylic acids is 1. The molecule has 0 heterocycles. The molecule has 4 nitrogen and oxygen atoms in total. The molecule has 18 heavy (non-hydrogen) atoms. The number of nitrogens with zero attached hydrogens (tertiary/aromatic N) is 1. The summed E-state index contributed by atoms with van der Waals surface area (Å²) >= 11 is 0. The van der Waals surface area contributed by atoms with Gasteiger partial charge in [-0.3, -0.25) is 9.69 Å². The summed E-state index contributed by atoms with van der Waals surface area (Å²) in [6.07, 6.45) is -2.85. The lowest BCUT2D eigenvalue weighted by Crippen LogP contribution is -2.50. The molecule has 1 aliphatic carbocycles. The smallest absolute Gasteiger partial charge is 0.401 e. The highest BCUT2D eigenvalue weighted by Crippen LogP contribution is 2.34. The average Bonchev–Trinajstić information content (AvgIpc) is 2.71. The Morgan fingerprint density at radius 3 is 2.61 bits per heavy atom. The van der Waals surface area contributed by atoms with Crippen LogP contribution in [0.15, 0.2) is 0 Å². The second kappa shape index (κ2) is 5.44. The van der Waals surface area contributed by atoms with Gasteiger partial charge in [-0.25, -0.2) is 0 Å². The van der Waals surface area contributed by atoms with E-state index in [1.54, 1.807) is 7.05 Å². The molecule has 7 heteroatoms. The fourth-order valence-corrected chi connectivity index (χ4v) is 2.52. The van der Waals surface area contributed by atoms with E-state index in [0.29, 0.717) is 19.3 Å². The van der Waals surface area contributed by atoms with E-state index in [9.17, 15) is 18.0 Å². The number of rotatable bonds is 4. The van der Waals surface area contributed by atoms with Crippen LogP contribution in [0.25, 0.3) is 0 Å². The quantitative estimate of drug-likeness (QED) is 0.777. The summed E-state index contributed by atoms with van der Waals surface area (Å²) in [6.45, 7) is -0.960. The van der Waals surface area contributed by atoms with Gasteiger partial charge >= 0.3 is 12.1 Å². The van der Waals surface area contributed by atoms with E-state index in [4.69, 9.17) is 4.74 Å². The van der Waals surface area contributed by atoms with Crippen molar-refractivity contribution >= 4 is 5.97 Å². The molecule has 1 saturated carbocycles. The van der Waals surface area contributed by atoms with Gasteiger partial charge in [-0.1, -0.05) is 0 Å². The lowest BCUT2D eigenvalue weighted by Gasteiger charge is -2.29. The topological polar surface area (TPSA) is 41.6 Å². The molecule has 0 bridgehead atoms. The first-order valence-electron chi connectivity index (χ1n) is 5.78. The van der Waals surface area contributed by atoms with Gasteiger partial charge in [0.2, 0.25) is 0 Å². The van der Waals surface area contributed by atoms with E-state index in [2.05, 4.69) is 5.32 Å². The molecule has 1 fully saturated rings. The molecule has 0 spiro atoms. The molecule has 0 aliphatic heterocycles. The highest BCUT2D eigenvalue weighted by molar-refractivity contribution is 5.81. The summed E-state index contributed by atoms with van der Waals surface area (Å²) in [4.78, 5) is 12.9. The Bertz CT molecular complexity index is 309. The molecule has 0 radical (unpaired) electrons. The molecular weight excluding hydrogens is 249 g/mol. The molecule has 106 valence electrons. The van der Waals surface area contributed by atoms with E-state index in [1.807, 2.05) is 0 Å². The number of nitrogens with one attached hydrogen (secondary N) is 1. The van der Waals surface area contributed by atoms with Gasteiger partial charge in [-0.2, -0.15) is 13.2 Å². The number of hydrogen-bond donors (Lipinski definition) is 1. The standard InChI is InChI=1S/C11H19F3N2O2/c1-15-10(9(17)18-3)5-4-8(6-10)16(2)7-11(12,13)14/h8,15H,4-7H2,1-3H3. The second-order valence-electron chi connectivity index (χ2n) is 4.75. The fourth-order valence-electron chi connectivity index (χ4n) is 2.52. The highest BCUT2D eigenvalue weighted by atomic mass is 19.4. The third-order valence-electron chi connectivity index (χ3n) is 3.60. The minimum Gasteiger partial charge on any atom is -0.468 e. The largest absolute Gasteiger partial charge is 0.468 e. The van der Waals surface area contributed by atoms with Crippen molar-refractivity contribution in [3.05, 3.63) is 0 Å². The zero-order valence-electron chi connectivity index (χ0n) is 10.8. The van der Waals surface area contributed by atoms with Crippen molar-refractivity contribution in [2.24, 2.45) is 0 Å². The maximum absolute atomic E-state index is 12.3. The normalized spacial score (nSPS) is 28.7. The number of likely N-dealkylation sites (N-methyl/N-ethyl adjacent to an activating group) is 1. The fraction of sp³-hybridized carbons (Fsp3) is 0.909. The Hall–Kier alpha value is -0.820. The zero-order chi connectivity index (χ0) is 14.0. The van der Waals surface area contributed by atoms with Crippen molar-refractivity contribution < 1.29 is 22.7 Å². The van der Waals surface area contributed by atoms with Crippen LogP contribution in [-0.2, 0) is 9.53 Å². The summed E-state index contributed by atoms with van der Waals surface area (Å²) in [5.41, 5.74) is -0.848. The number of carbonyl (C=O) groups is 1. The molecule has 2 atom stereocenters. The molecule has 1 aliphatic rings. The van der Waals surface area contributed by atoms with Crippen molar-refractivity contribution in [2.45, 2.75) is 37.0 Å². The van der Waals surface area contributed by atoms with Crippen molar-refractivity contribution in [3.8, 4) is 0 Å². The van der Waals surface area contributed by atoms with Gasteiger partial charge in [0.15, 0.2) is 0 Å². The van der Waals surface area contributed by atoms with E-state index in [-0.39, 0.29) is 6.04 Å². The minimum atomic E-state index is -4.22. The molecule has 0 amide bonds. The Balaban J connectivity index is 2.67. The first kappa shape index (κ1) is 15.2. The third-order valence-corrected chi connectivity index (χ3v) is 3.60. The van der Waals surface area contributed by atoms with Crippen LogP contribution in [-0.4, -0.2) is 56.4 Å². The van der Waals surface area contributed by atoms with Crippen LogP contribution >= 0.6 is 0 Å². The molecule has 2 unspecified atom stereocenters. The van der Waals surface area contributed by atoms with Crippen LogP contribution < -0.4 is 5.32 Å². The number of ether oxygens (including phenoxy) is 1. The summed E-state index contributed by atoms with van der Waals surface area (Å²) < 4.78 is 41.6. The monoisotopic (exact) mass is 268 g/mol. The number of alkyl halides is 3. The summed E-state index contributed by atoms with van der Waals surface area (Å²) in [7, 11) is 4.35. The van der Waals surface area contributed by atoms with Crippen molar-refractivity contribution in [1.82, 2.24) is 10.2 Å². The Morgan fingerprint density at radius 1 is 1.56 bits per heavy atom. The SMILES string of the molecule is CNC1(C(=O)OC)CCC(N(C)CC(F)(F)F)C1. The lowest BCUT2D eigenvalue weighted by atomic mass is 9.97. The number of hydrogen-bond acceptors (Lipinski definition) is 4. The summed E-state index contributed by atoms with van der Waals surface area (Å²) in [6, 6.07) is -0.266.